The minimum atomic E-state index is 0.559. The van der Waals surface area contributed by atoms with Gasteiger partial charge in [-0.2, -0.15) is 0 Å². The predicted octanol–water partition coefficient (Wildman–Crippen LogP) is 6.18. The van der Waals surface area contributed by atoms with Gasteiger partial charge in [-0.25, -0.2) is 0 Å². The van der Waals surface area contributed by atoms with Crippen molar-refractivity contribution < 1.29 is 0 Å². The highest BCUT2D eigenvalue weighted by molar-refractivity contribution is 5.22. The molecule has 0 heterocycles. The van der Waals surface area contributed by atoms with Crippen LogP contribution in [0.4, 0.5) is 0 Å². The highest BCUT2D eigenvalue weighted by Gasteiger charge is 2.19. The largest absolute Gasteiger partial charge is 0.120 e. The molecular formula is C22H32. The van der Waals surface area contributed by atoms with Gasteiger partial charge in [0.05, 0.1) is 0 Å². The van der Waals surface area contributed by atoms with Gasteiger partial charge in [-0.3, -0.25) is 0 Å². The Labute approximate surface area is 137 Å². The maximum Gasteiger partial charge on any atom is 0.0200 e. The van der Waals surface area contributed by atoms with Gasteiger partial charge in [-0.05, 0) is 68.4 Å². The Kier molecular flexibility index (Phi) is 7.58. The average molecular weight is 296 g/mol. The number of aryl methyl sites for hydroxylation is 2. The first-order valence-electron chi connectivity index (χ1n) is 9.35. The van der Waals surface area contributed by atoms with Gasteiger partial charge in [0.1, 0.15) is 0 Å². The minimum Gasteiger partial charge on any atom is -0.120 e. The molecule has 1 fully saturated rings. The highest BCUT2D eigenvalue weighted by atomic mass is 14.2. The van der Waals surface area contributed by atoms with E-state index in [4.69, 9.17) is 6.42 Å². The van der Waals surface area contributed by atoms with Gasteiger partial charge in [0, 0.05) is 5.92 Å². The predicted molar refractivity (Wildman–Crippen MR) is 96.9 cm³/mol. The van der Waals surface area contributed by atoms with E-state index in [1.807, 2.05) is 0 Å². The van der Waals surface area contributed by atoms with Crippen molar-refractivity contribution in [3.05, 3.63) is 35.4 Å². The van der Waals surface area contributed by atoms with Gasteiger partial charge in [-0.15, -0.1) is 12.3 Å². The number of hydrogen-bond acceptors (Lipinski definition) is 0. The summed E-state index contributed by atoms with van der Waals surface area (Å²) in [5, 5.41) is 0. The van der Waals surface area contributed by atoms with Crippen molar-refractivity contribution in [2.75, 3.05) is 0 Å². The van der Waals surface area contributed by atoms with Gasteiger partial charge in [0.25, 0.3) is 0 Å². The lowest BCUT2D eigenvalue weighted by Gasteiger charge is -2.25. The van der Waals surface area contributed by atoms with E-state index in [1.165, 1.54) is 81.8 Å². The summed E-state index contributed by atoms with van der Waals surface area (Å²) in [6.45, 7) is 2.27. The second kappa shape index (κ2) is 9.73. The summed E-state index contributed by atoms with van der Waals surface area (Å²) in [4.78, 5) is 0. The molecule has 0 heteroatoms. The van der Waals surface area contributed by atoms with Crippen LogP contribution in [0, 0.1) is 24.2 Å². The van der Waals surface area contributed by atoms with Crippen molar-refractivity contribution in [2.24, 2.45) is 11.8 Å². The third kappa shape index (κ3) is 5.88. The van der Waals surface area contributed by atoms with Crippen molar-refractivity contribution in [1.82, 2.24) is 0 Å². The lowest BCUT2D eigenvalue weighted by atomic mass is 9.80. The molecule has 1 aliphatic rings. The number of unbranched alkanes of at least 4 members (excludes halogenated alkanes) is 3. The molecule has 0 atom stereocenters. The van der Waals surface area contributed by atoms with E-state index in [0.717, 1.165) is 5.92 Å². The second-order valence-corrected chi connectivity index (χ2v) is 7.05. The molecule has 0 N–H and O–H groups in total. The van der Waals surface area contributed by atoms with Gasteiger partial charge in [0.15, 0.2) is 0 Å². The van der Waals surface area contributed by atoms with E-state index >= 15 is 0 Å². The second-order valence-electron chi connectivity index (χ2n) is 7.05. The van der Waals surface area contributed by atoms with Crippen molar-refractivity contribution >= 4 is 0 Å². The van der Waals surface area contributed by atoms with Crippen LogP contribution < -0.4 is 0 Å². The summed E-state index contributed by atoms with van der Waals surface area (Å²) < 4.78 is 0. The van der Waals surface area contributed by atoms with Crippen LogP contribution in [0.5, 0.6) is 0 Å². The Balaban J connectivity index is 1.67. The summed E-state index contributed by atoms with van der Waals surface area (Å²) in [7, 11) is 0. The van der Waals surface area contributed by atoms with E-state index in [9.17, 15) is 0 Å². The van der Waals surface area contributed by atoms with Crippen molar-refractivity contribution in [3.63, 3.8) is 0 Å². The first-order chi connectivity index (χ1) is 10.8. The Morgan fingerprint density at radius 2 is 1.55 bits per heavy atom. The van der Waals surface area contributed by atoms with E-state index < -0.39 is 0 Å². The topological polar surface area (TPSA) is 0 Å². The Hall–Kier alpha value is -1.22. The molecular weight excluding hydrogens is 264 g/mol. The molecule has 0 radical (unpaired) electrons. The number of benzene rings is 1. The molecule has 0 spiro atoms. The van der Waals surface area contributed by atoms with Crippen LogP contribution in [0.1, 0.15) is 75.8 Å². The summed E-state index contributed by atoms with van der Waals surface area (Å²) in [5.74, 6) is 4.39. The fourth-order valence-corrected chi connectivity index (χ4v) is 3.62. The van der Waals surface area contributed by atoms with Crippen LogP contribution in [0.2, 0.25) is 0 Å². The number of hydrogen-bond donors (Lipinski definition) is 0. The molecule has 1 aliphatic carbocycles. The van der Waals surface area contributed by atoms with Crippen molar-refractivity contribution in [1.29, 1.82) is 0 Å². The lowest BCUT2D eigenvalue weighted by molar-refractivity contribution is 0.302. The highest BCUT2D eigenvalue weighted by Crippen LogP contribution is 2.31. The van der Waals surface area contributed by atoms with Crippen molar-refractivity contribution in [2.45, 2.75) is 77.6 Å². The molecule has 0 amide bonds. The molecule has 0 saturated heterocycles. The monoisotopic (exact) mass is 296 g/mol. The van der Waals surface area contributed by atoms with Gasteiger partial charge in [0.2, 0.25) is 0 Å². The molecule has 0 aromatic heterocycles. The molecule has 22 heavy (non-hydrogen) atoms. The molecule has 1 aromatic carbocycles. The first kappa shape index (κ1) is 17.1. The SMILES string of the molecule is C#CC1CCC(CCc2ccc(CCCCCC)cc2)CC1. The van der Waals surface area contributed by atoms with E-state index in [1.54, 1.807) is 0 Å². The summed E-state index contributed by atoms with van der Waals surface area (Å²) in [5.41, 5.74) is 3.02. The standard InChI is InChI=1S/C22H32/c1-3-5-6-7-8-20-13-15-22(16-14-20)18-17-21-11-9-19(4-2)10-12-21/h2,13-16,19,21H,3,5-12,17-18H2,1H3. The van der Waals surface area contributed by atoms with Crippen LogP contribution in [0.25, 0.3) is 0 Å². The van der Waals surface area contributed by atoms with E-state index in [-0.39, 0.29) is 0 Å². The third-order valence-corrected chi connectivity index (χ3v) is 5.27. The quantitative estimate of drug-likeness (QED) is 0.397. The smallest absolute Gasteiger partial charge is 0.0200 e. The number of rotatable bonds is 8. The van der Waals surface area contributed by atoms with Crippen LogP contribution in [0.15, 0.2) is 24.3 Å². The Morgan fingerprint density at radius 1 is 0.909 bits per heavy atom. The van der Waals surface area contributed by atoms with Gasteiger partial charge in [-0.1, -0.05) is 50.5 Å². The Bertz CT molecular complexity index is 440. The molecule has 2 rings (SSSR count). The third-order valence-electron chi connectivity index (χ3n) is 5.27. The van der Waals surface area contributed by atoms with Gasteiger partial charge >= 0.3 is 0 Å². The molecule has 0 nitrogen and oxygen atoms in total. The van der Waals surface area contributed by atoms with Gasteiger partial charge < -0.3 is 0 Å². The molecule has 0 unspecified atom stereocenters. The molecule has 120 valence electrons. The first-order valence-corrected chi connectivity index (χ1v) is 9.35. The van der Waals surface area contributed by atoms with Crippen molar-refractivity contribution in [3.8, 4) is 12.3 Å². The molecule has 1 saturated carbocycles. The maximum absolute atomic E-state index is 5.53. The summed E-state index contributed by atoms with van der Waals surface area (Å²) in [6, 6.07) is 9.39. The fourth-order valence-electron chi connectivity index (χ4n) is 3.62. The van der Waals surface area contributed by atoms with E-state index in [0.29, 0.717) is 5.92 Å². The molecule has 1 aromatic rings. The minimum absolute atomic E-state index is 0.559. The summed E-state index contributed by atoms with van der Waals surface area (Å²) in [6.07, 6.45) is 19.9. The van der Waals surface area contributed by atoms with Crippen LogP contribution in [-0.2, 0) is 12.8 Å². The Morgan fingerprint density at radius 3 is 2.14 bits per heavy atom. The zero-order valence-electron chi connectivity index (χ0n) is 14.3. The van der Waals surface area contributed by atoms with Crippen LogP contribution in [0.3, 0.4) is 0 Å². The lowest BCUT2D eigenvalue weighted by Crippen LogP contribution is -2.13. The maximum atomic E-state index is 5.53. The fraction of sp³-hybridized carbons (Fsp3) is 0.636. The van der Waals surface area contributed by atoms with Crippen LogP contribution in [-0.4, -0.2) is 0 Å². The van der Waals surface area contributed by atoms with Crippen LogP contribution >= 0.6 is 0 Å². The molecule has 0 aliphatic heterocycles. The van der Waals surface area contributed by atoms with E-state index in [2.05, 4.69) is 37.1 Å². The normalized spacial score (nSPS) is 21.5. The zero-order valence-corrected chi connectivity index (χ0v) is 14.3. The summed E-state index contributed by atoms with van der Waals surface area (Å²) >= 11 is 0. The number of terminal acetylenes is 1. The average Bonchev–Trinajstić information content (AvgIpc) is 2.58. The zero-order chi connectivity index (χ0) is 15.6. The molecule has 0 bridgehead atoms.